The van der Waals surface area contributed by atoms with E-state index in [1.807, 2.05) is 18.2 Å². The van der Waals surface area contributed by atoms with Crippen LogP contribution in [0.25, 0.3) is 0 Å². The minimum absolute atomic E-state index is 0.0164. The first-order valence-corrected chi connectivity index (χ1v) is 8.78. The van der Waals surface area contributed by atoms with E-state index in [9.17, 15) is 9.90 Å². The number of carbonyl (C=O) groups is 1. The summed E-state index contributed by atoms with van der Waals surface area (Å²) in [6.45, 7) is 2.80. The van der Waals surface area contributed by atoms with Crippen molar-refractivity contribution in [3.63, 3.8) is 0 Å². The lowest BCUT2D eigenvalue weighted by Crippen LogP contribution is -2.02. The van der Waals surface area contributed by atoms with Crippen LogP contribution in [-0.2, 0) is 0 Å². The molecule has 1 N–H and O–H groups in total. The van der Waals surface area contributed by atoms with Gasteiger partial charge in [-0.15, -0.1) is 0 Å². The van der Waals surface area contributed by atoms with Gasteiger partial charge in [0.2, 0.25) is 0 Å². The molecular weight excluding hydrogens is 300 g/mol. The molecule has 128 valence electrons. The van der Waals surface area contributed by atoms with Crippen LogP contribution in [0.3, 0.4) is 0 Å². The average molecular weight is 326 g/mol. The molecule has 2 rings (SSSR count). The third-order valence-electron chi connectivity index (χ3n) is 4.01. The molecule has 2 aromatic carbocycles. The number of hydrogen-bond donors (Lipinski definition) is 1. The Hall–Kier alpha value is -2.29. The predicted octanol–water partition coefficient (Wildman–Crippen LogP) is 5.36. The molecule has 3 nitrogen and oxygen atoms in total. The SMILES string of the molecule is CCCCCCCCOc1ccc(C(=O)c2ccccc2)cc1O. The van der Waals surface area contributed by atoms with Crippen LogP contribution in [-0.4, -0.2) is 17.5 Å². The molecule has 0 amide bonds. The number of aromatic hydroxyl groups is 1. The summed E-state index contributed by atoms with van der Waals surface area (Å²) in [7, 11) is 0. The van der Waals surface area contributed by atoms with Gasteiger partial charge in [0.15, 0.2) is 17.3 Å². The second-order valence-electron chi connectivity index (χ2n) is 5.99. The van der Waals surface area contributed by atoms with E-state index in [0.29, 0.717) is 23.5 Å². The molecule has 3 heteroatoms. The van der Waals surface area contributed by atoms with Crippen LogP contribution >= 0.6 is 0 Å². The Morgan fingerprint density at radius 1 is 0.917 bits per heavy atom. The maximum Gasteiger partial charge on any atom is 0.193 e. The standard InChI is InChI=1S/C21H26O3/c1-2-3-4-5-6-10-15-24-20-14-13-18(16-19(20)22)21(23)17-11-8-7-9-12-17/h7-9,11-14,16,22H,2-6,10,15H2,1H3. The van der Waals surface area contributed by atoms with Crippen molar-refractivity contribution < 1.29 is 14.6 Å². The predicted molar refractivity (Wildman–Crippen MR) is 96.9 cm³/mol. The molecule has 0 radical (unpaired) electrons. The highest BCUT2D eigenvalue weighted by Gasteiger charge is 2.11. The summed E-state index contributed by atoms with van der Waals surface area (Å²) in [6, 6.07) is 13.9. The second-order valence-corrected chi connectivity index (χ2v) is 5.99. The molecule has 0 saturated carbocycles. The monoisotopic (exact) mass is 326 g/mol. The number of ketones is 1. The van der Waals surface area contributed by atoms with E-state index in [0.717, 1.165) is 12.8 Å². The van der Waals surface area contributed by atoms with Crippen LogP contribution < -0.4 is 4.74 Å². The summed E-state index contributed by atoms with van der Waals surface area (Å²) < 4.78 is 5.62. The molecule has 0 atom stereocenters. The molecule has 0 aliphatic heterocycles. The molecule has 0 spiro atoms. The van der Waals surface area contributed by atoms with Crippen LogP contribution in [0.4, 0.5) is 0 Å². The smallest absolute Gasteiger partial charge is 0.193 e. The third kappa shape index (κ3) is 5.41. The molecule has 0 aliphatic rings. The minimum atomic E-state index is -0.103. The number of unbranched alkanes of at least 4 members (excludes halogenated alkanes) is 5. The lowest BCUT2D eigenvalue weighted by molar-refractivity contribution is 0.103. The number of rotatable bonds is 10. The van der Waals surface area contributed by atoms with Crippen molar-refractivity contribution in [2.24, 2.45) is 0 Å². The molecule has 0 aromatic heterocycles. The highest BCUT2D eigenvalue weighted by atomic mass is 16.5. The lowest BCUT2D eigenvalue weighted by atomic mass is 10.0. The van der Waals surface area contributed by atoms with E-state index in [1.54, 1.807) is 24.3 Å². The van der Waals surface area contributed by atoms with E-state index < -0.39 is 0 Å². The van der Waals surface area contributed by atoms with Crippen molar-refractivity contribution in [2.75, 3.05) is 6.61 Å². The largest absolute Gasteiger partial charge is 0.504 e. The van der Waals surface area contributed by atoms with Crippen molar-refractivity contribution in [3.8, 4) is 11.5 Å². The summed E-state index contributed by atoms with van der Waals surface area (Å²) in [6.07, 6.45) is 7.17. The second kappa shape index (κ2) is 9.76. The molecule has 0 unspecified atom stereocenters. The Bertz CT molecular complexity index is 635. The van der Waals surface area contributed by atoms with Gasteiger partial charge in [0, 0.05) is 11.1 Å². The van der Waals surface area contributed by atoms with E-state index in [2.05, 4.69) is 6.92 Å². The van der Waals surface area contributed by atoms with Gasteiger partial charge < -0.3 is 9.84 Å². The number of phenolic OH excluding ortho intramolecular Hbond substituents is 1. The van der Waals surface area contributed by atoms with Crippen molar-refractivity contribution >= 4 is 5.78 Å². The lowest BCUT2D eigenvalue weighted by Gasteiger charge is -2.09. The van der Waals surface area contributed by atoms with Crippen LogP contribution in [0.2, 0.25) is 0 Å². The number of carbonyl (C=O) groups excluding carboxylic acids is 1. The Labute approximate surface area is 144 Å². The maximum atomic E-state index is 12.3. The zero-order valence-corrected chi connectivity index (χ0v) is 14.3. The van der Waals surface area contributed by atoms with Gasteiger partial charge in [-0.3, -0.25) is 4.79 Å². The van der Waals surface area contributed by atoms with Crippen LogP contribution in [0.1, 0.15) is 61.4 Å². The Morgan fingerprint density at radius 2 is 1.62 bits per heavy atom. The van der Waals surface area contributed by atoms with Gasteiger partial charge >= 0.3 is 0 Å². The topological polar surface area (TPSA) is 46.5 Å². The van der Waals surface area contributed by atoms with Crippen molar-refractivity contribution in [3.05, 3.63) is 59.7 Å². The number of benzene rings is 2. The Kier molecular flexibility index (Phi) is 7.34. The van der Waals surface area contributed by atoms with Crippen LogP contribution in [0.5, 0.6) is 11.5 Å². The zero-order chi connectivity index (χ0) is 17.2. The molecule has 0 aliphatic carbocycles. The highest BCUT2D eigenvalue weighted by molar-refractivity contribution is 6.09. The number of hydrogen-bond acceptors (Lipinski definition) is 3. The average Bonchev–Trinajstić information content (AvgIpc) is 2.62. The van der Waals surface area contributed by atoms with Crippen LogP contribution in [0, 0.1) is 0 Å². The molecule has 0 heterocycles. The molecule has 0 saturated heterocycles. The van der Waals surface area contributed by atoms with Gasteiger partial charge in [0.25, 0.3) is 0 Å². The Balaban J connectivity index is 1.85. The van der Waals surface area contributed by atoms with Crippen LogP contribution in [0.15, 0.2) is 48.5 Å². The third-order valence-corrected chi connectivity index (χ3v) is 4.01. The number of phenols is 1. The van der Waals surface area contributed by atoms with Gasteiger partial charge in [-0.05, 0) is 24.6 Å². The molecule has 24 heavy (non-hydrogen) atoms. The van der Waals surface area contributed by atoms with E-state index in [-0.39, 0.29) is 11.5 Å². The summed E-state index contributed by atoms with van der Waals surface area (Å²) in [5, 5.41) is 10.1. The van der Waals surface area contributed by atoms with E-state index in [4.69, 9.17) is 4.74 Å². The normalized spacial score (nSPS) is 10.5. The fourth-order valence-corrected chi connectivity index (χ4v) is 2.60. The fraction of sp³-hybridized carbons (Fsp3) is 0.381. The molecular formula is C21H26O3. The minimum Gasteiger partial charge on any atom is -0.504 e. The van der Waals surface area contributed by atoms with E-state index >= 15 is 0 Å². The van der Waals surface area contributed by atoms with Crippen molar-refractivity contribution in [1.82, 2.24) is 0 Å². The fourth-order valence-electron chi connectivity index (χ4n) is 2.60. The maximum absolute atomic E-state index is 12.3. The van der Waals surface area contributed by atoms with Crippen molar-refractivity contribution in [2.45, 2.75) is 45.4 Å². The first kappa shape index (κ1) is 18.1. The van der Waals surface area contributed by atoms with Gasteiger partial charge in [0.05, 0.1) is 6.61 Å². The molecule has 0 bridgehead atoms. The van der Waals surface area contributed by atoms with Gasteiger partial charge in [-0.25, -0.2) is 0 Å². The van der Waals surface area contributed by atoms with E-state index in [1.165, 1.54) is 31.7 Å². The van der Waals surface area contributed by atoms with Crippen molar-refractivity contribution in [1.29, 1.82) is 0 Å². The highest BCUT2D eigenvalue weighted by Crippen LogP contribution is 2.28. The quantitative estimate of drug-likeness (QED) is 0.472. The molecule has 2 aromatic rings. The first-order valence-electron chi connectivity index (χ1n) is 8.78. The molecule has 0 fully saturated rings. The summed E-state index contributed by atoms with van der Waals surface area (Å²) in [5.74, 6) is 0.351. The van der Waals surface area contributed by atoms with Gasteiger partial charge in [0.1, 0.15) is 0 Å². The summed E-state index contributed by atoms with van der Waals surface area (Å²) >= 11 is 0. The number of ether oxygens (including phenoxy) is 1. The van der Waals surface area contributed by atoms with Gasteiger partial charge in [-0.2, -0.15) is 0 Å². The summed E-state index contributed by atoms with van der Waals surface area (Å²) in [5.41, 5.74) is 1.07. The first-order chi connectivity index (χ1) is 11.7. The Morgan fingerprint density at radius 3 is 2.33 bits per heavy atom. The van der Waals surface area contributed by atoms with Gasteiger partial charge in [-0.1, -0.05) is 69.4 Å². The summed E-state index contributed by atoms with van der Waals surface area (Å²) in [4.78, 5) is 12.3. The zero-order valence-electron chi connectivity index (χ0n) is 14.3.